The van der Waals surface area contributed by atoms with Crippen LogP contribution < -0.4 is 10.5 Å². The molecule has 1 aromatic carbocycles. The average Bonchev–Trinajstić information content (AvgIpc) is 2.41. The van der Waals surface area contributed by atoms with Gasteiger partial charge in [-0.2, -0.15) is 0 Å². The van der Waals surface area contributed by atoms with Crippen molar-refractivity contribution in [2.45, 2.75) is 4.90 Å². The molecule has 0 bridgehead atoms. The summed E-state index contributed by atoms with van der Waals surface area (Å²) in [5.41, 5.74) is 0.193. The molecule has 15 heavy (non-hydrogen) atoms. The third-order valence-electron chi connectivity index (χ3n) is 2.04. The summed E-state index contributed by atoms with van der Waals surface area (Å²) in [5.74, 6) is -1.14. The first-order chi connectivity index (χ1) is 6.89. The van der Waals surface area contributed by atoms with E-state index in [9.17, 15) is 18.0 Å². The summed E-state index contributed by atoms with van der Waals surface area (Å²) in [6, 6.07) is 3.53. The SMILES string of the molecule is NS(=O)(=O)c1ccc2c(c1)C(=O)NC2=O. The van der Waals surface area contributed by atoms with Crippen LogP contribution in [0.1, 0.15) is 20.7 Å². The lowest BCUT2D eigenvalue weighted by Crippen LogP contribution is -2.19. The zero-order valence-electron chi connectivity index (χ0n) is 7.35. The lowest BCUT2D eigenvalue weighted by molar-refractivity contribution is 0.0879. The number of nitrogens with two attached hydrogens (primary N) is 1. The third kappa shape index (κ3) is 1.51. The molecule has 0 fully saturated rings. The van der Waals surface area contributed by atoms with E-state index < -0.39 is 21.8 Å². The molecule has 0 saturated carbocycles. The first kappa shape index (κ1) is 9.81. The van der Waals surface area contributed by atoms with Crippen LogP contribution in [0, 0.1) is 0 Å². The lowest BCUT2D eigenvalue weighted by atomic mass is 10.1. The molecule has 1 heterocycles. The second-order valence-corrected chi connectivity index (χ2v) is 4.60. The Morgan fingerprint density at radius 1 is 1.07 bits per heavy atom. The van der Waals surface area contributed by atoms with Gasteiger partial charge < -0.3 is 0 Å². The van der Waals surface area contributed by atoms with Crippen LogP contribution in [-0.4, -0.2) is 20.2 Å². The van der Waals surface area contributed by atoms with Crippen LogP contribution in [0.2, 0.25) is 0 Å². The van der Waals surface area contributed by atoms with Gasteiger partial charge in [-0.3, -0.25) is 14.9 Å². The molecule has 0 aromatic heterocycles. The number of primary sulfonamides is 1. The Kier molecular flexibility index (Phi) is 1.88. The highest BCUT2D eigenvalue weighted by Crippen LogP contribution is 2.19. The second kappa shape index (κ2) is 2.88. The topological polar surface area (TPSA) is 106 Å². The van der Waals surface area contributed by atoms with Gasteiger partial charge in [-0.15, -0.1) is 0 Å². The van der Waals surface area contributed by atoms with Crippen molar-refractivity contribution in [1.82, 2.24) is 5.32 Å². The smallest absolute Gasteiger partial charge is 0.258 e. The minimum absolute atomic E-state index is 0.0338. The van der Waals surface area contributed by atoms with Crippen LogP contribution in [0.5, 0.6) is 0 Å². The molecule has 7 heteroatoms. The Balaban J connectivity index is 2.67. The number of hydrogen-bond acceptors (Lipinski definition) is 4. The Labute approximate surface area is 85.1 Å². The van der Waals surface area contributed by atoms with Gasteiger partial charge in [-0.25, -0.2) is 13.6 Å². The Morgan fingerprint density at radius 2 is 1.67 bits per heavy atom. The van der Waals surface area contributed by atoms with E-state index in [0.717, 1.165) is 6.07 Å². The minimum Gasteiger partial charge on any atom is -0.288 e. The molecule has 1 aliphatic rings. The van der Waals surface area contributed by atoms with Gasteiger partial charge in [-0.05, 0) is 18.2 Å². The number of amides is 2. The standard InChI is InChI=1S/C8H6N2O4S/c9-15(13,14)4-1-2-5-6(3-4)8(12)10-7(5)11/h1-3H,(H2,9,13,14)(H,10,11,12). The molecular formula is C8H6N2O4S. The number of benzene rings is 1. The van der Waals surface area contributed by atoms with Crippen molar-refractivity contribution in [3.05, 3.63) is 29.3 Å². The van der Waals surface area contributed by atoms with Crippen LogP contribution >= 0.6 is 0 Å². The zero-order chi connectivity index (χ0) is 11.2. The van der Waals surface area contributed by atoms with Gasteiger partial charge in [0.25, 0.3) is 11.8 Å². The van der Waals surface area contributed by atoms with Gasteiger partial charge in [-0.1, -0.05) is 0 Å². The number of nitrogens with one attached hydrogen (secondary N) is 1. The maximum Gasteiger partial charge on any atom is 0.258 e. The monoisotopic (exact) mass is 226 g/mol. The molecule has 3 N–H and O–H groups in total. The van der Waals surface area contributed by atoms with Crippen LogP contribution in [0.3, 0.4) is 0 Å². The first-order valence-electron chi connectivity index (χ1n) is 3.92. The molecule has 78 valence electrons. The highest BCUT2D eigenvalue weighted by atomic mass is 32.2. The van der Waals surface area contributed by atoms with Crippen LogP contribution in [0.15, 0.2) is 23.1 Å². The normalized spacial score (nSPS) is 15.0. The maximum absolute atomic E-state index is 11.2. The molecule has 0 aliphatic carbocycles. The van der Waals surface area contributed by atoms with E-state index in [4.69, 9.17) is 5.14 Å². The van der Waals surface area contributed by atoms with Crippen molar-refractivity contribution in [1.29, 1.82) is 0 Å². The van der Waals surface area contributed by atoms with E-state index in [-0.39, 0.29) is 16.0 Å². The van der Waals surface area contributed by atoms with Crippen molar-refractivity contribution >= 4 is 21.8 Å². The maximum atomic E-state index is 11.2. The molecule has 1 aromatic rings. The van der Waals surface area contributed by atoms with Crippen LogP contribution in [0.4, 0.5) is 0 Å². The molecule has 0 unspecified atom stereocenters. The molecule has 2 rings (SSSR count). The van der Waals surface area contributed by atoms with E-state index in [1.54, 1.807) is 0 Å². The number of hydrogen-bond donors (Lipinski definition) is 2. The summed E-state index contributed by atoms with van der Waals surface area (Å²) in [6.45, 7) is 0. The van der Waals surface area contributed by atoms with Crippen molar-refractivity contribution in [3.8, 4) is 0 Å². The Morgan fingerprint density at radius 3 is 2.27 bits per heavy atom. The van der Waals surface area contributed by atoms with Crippen molar-refractivity contribution < 1.29 is 18.0 Å². The Hall–Kier alpha value is -1.73. The summed E-state index contributed by atoms with van der Waals surface area (Å²) in [7, 11) is -3.86. The van der Waals surface area contributed by atoms with Gasteiger partial charge in [0.05, 0.1) is 16.0 Å². The average molecular weight is 226 g/mol. The molecule has 2 amide bonds. The first-order valence-corrected chi connectivity index (χ1v) is 5.47. The largest absolute Gasteiger partial charge is 0.288 e. The zero-order valence-corrected chi connectivity index (χ0v) is 8.17. The van der Waals surface area contributed by atoms with E-state index in [1.165, 1.54) is 12.1 Å². The van der Waals surface area contributed by atoms with Gasteiger partial charge in [0.15, 0.2) is 0 Å². The van der Waals surface area contributed by atoms with Crippen molar-refractivity contribution in [2.75, 3.05) is 0 Å². The van der Waals surface area contributed by atoms with Gasteiger partial charge in [0.1, 0.15) is 0 Å². The van der Waals surface area contributed by atoms with E-state index >= 15 is 0 Å². The molecule has 1 aliphatic heterocycles. The van der Waals surface area contributed by atoms with Crippen LogP contribution in [-0.2, 0) is 10.0 Å². The van der Waals surface area contributed by atoms with Crippen molar-refractivity contribution in [3.63, 3.8) is 0 Å². The number of fused-ring (bicyclic) bond motifs is 1. The summed E-state index contributed by atoms with van der Waals surface area (Å²) in [5, 5.41) is 6.93. The fourth-order valence-corrected chi connectivity index (χ4v) is 1.86. The van der Waals surface area contributed by atoms with Gasteiger partial charge in [0.2, 0.25) is 10.0 Å². The van der Waals surface area contributed by atoms with Crippen LogP contribution in [0.25, 0.3) is 0 Å². The Bertz CT molecular complexity index is 576. The summed E-state index contributed by atoms with van der Waals surface area (Å²) in [6.07, 6.45) is 0. The molecule has 0 radical (unpaired) electrons. The van der Waals surface area contributed by atoms with Gasteiger partial charge >= 0.3 is 0 Å². The summed E-state index contributed by atoms with van der Waals surface area (Å²) >= 11 is 0. The second-order valence-electron chi connectivity index (χ2n) is 3.04. The fraction of sp³-hybridized carbons (Fsp3) is 0. The highest BCUT2D eigenvalue weighted by Gasteiger charge is 2.27. The highest BCUT2D eigenvalue weighted by molar-refractivity contribution is 7.89. The minimum atomic E-state index is -3.86. The summed E-state index contributed by atoms with van der Waals surface area (Å²) in [4.78, 5) is 22.1. The number of sulfonamides is 1. The molecule has 0 saturated heterocycles. The molecule has 0 atom stereocenters. The number of imide groups is 1. The van der Waals surface area contributed by atoms with E-state index in [1.807, 2.05) is 5.32 Å². The van der Waals surface area contributed by atoms with E-state index in [0.29, 0.717) is 0 Å². The fourth-order valence-electron chi connectivity index (χ4n) is 1.32. The number of carbonyl (C=O) groups excluding carboxylic acids is 2. The molecular weight excluding hydrogens is 220 g/mol. The van der Waals surface area contributed by atoms with Gasteiger partial charge in [0, 0.05) is 0 Å². The predicted octanol–water partition coefficient (Wildman–Crippen LogP) is -0.782. The van der Waals surface area contributed by atoms with E-state index in [2.05, 4.69) is 0 Å². The number of rotatable bonds is 1. The predicted molar refractivity (Wildman–Crippen MR) is 49.6 cm³/mol. The van der Waals surface area contributed by atoms with Crippen molar-refractivity contribution in [2.24, 2.45) is 5.14 Å². The molecule has 6 nitrogen and oxygen atoms in total. The molecule has 0 spiro atoms. The summed E-state index contributed by atoms with van der Waals surface area (Å²) < 4.78 is 22.0. The number of carbonyl (C=O) groups is 2. The third-order valence-corrected chi connectivity index (χ3v) is 2.95. The lowest BCUT2D eigenvalue weighted by Gasteiger charge is -1.99. The quantitative estimate of drug-likeness (QED) is 0.612.